The van der Waals surface area contributed by atoms with E-state index in [4.69, 9.17) is 0 Å². The molecule has 0 spiro atoms. The molecule has 1 rings (SSSR count). The van der Waals surface area contributed by atoms with E-state index in [1.54, 1.807) is 6.92 Å². The van der Waals surface area contributed by atoms with E-state index in [-0.39, 0.29) is 5.78 Å². The van der Waals surface area contributed by atoms with Gasteiger partial charge in [-0.1, -0.05) is 6.07 Å². The van der Waals surface area contributed by atoms with E-state index in [1.807, 2.05) is 6.07 Å². The van der Waals surface area contributed by atoms with Crippen molar-refractivity contribution in [2.45, 2.75) is 20.8 Å². The summed E-state index contributed by atoms with van der Waals surface area (Å²) >= 11 is 0. The number of benzene rings is 1. The number of aryl methyl sites for hydroxylation is 2. The normalized spacial score (nSPS) is 9.77. The van der Waals surface area contributed by atoms with E-state index in [0.29, 0.717) is 6.54 Å². The van der Waals surface area contributed by atoms with Crippen LogP contribution < -0.4 is 5.32 Å². The van der Waals surface area contributed by atoms with Crippen LogP contribution >= 0.6 is 0 Å². The maximum absolute atomic E-state index is 10.7. The molecule has 0 unspecified atom stereocenters. The first-order valence-electron chi connectivity index (χ1n) is 4.40. The Hall–Kier alpha value is -1.31. The average Bonchev–Trinajstić information content (AvgIpc) is 2.07. The molecule has 0 aliphatic heterocycles. The molecule has 1 aromatic rings. The van der Waals surface area contributed by atoms with Gasteiger partial charge in [0, 0.05) is 5.69 Å². The van der Waals surface area contributed by atoms with Crippen LogP contribution in [-0.2, 0) is 4.79 Å². The molecule has 2 heteroatoms. The molecular formula is C11H15NO. The second kappa shape index (κ2) is 4.08. The number of hydrogen-bond acceptors (Lipinski definition) is 2. The van der Waals surface area contributed by atoms with Crippen molar-refractivity contribution >= 4 is 11.5 Å². The van der Waals surface area contributed by atoms with E-state index < -0.39 is 0 Å². The van der Waals surface area contributed by atoms with E-state index in [9.17, 15) is 4.79 Å². The Morgan fingerprint density at radius 3 is 2.54 bits per heavy atom. The van der Waals surface area contributed by atoms with Gasteiger partial charge in [-0.25, -0.2) is 0 Å². The lowest BCUT2D eigenvalue weighted by Gasteiger charge is -2.06. The van der Waals surface area contributed by atoms with Crippen molar-refractivity contribution in [3.05, 3.63) is 29.3 Å². The first kappa shape index (κ1) is 9.78. The average molecular weight is 177 g/mol. The molecule has 0 fully saturated rings. The van der Waals surface area contributed by atoms with Gasteiger partial charge < -0.3 is 5.32 Å². The third kappa shape index (κ3) is 2.90. The van der Waals surface area contributed by atoms with E-state index >= 15 is 0 Å². The van der Waals surface area contributed by atoms with E-state index in [0.717, 1.165) is 5.69 Å². The van der Waals surface area contributed by atoms with Gasteiger partial charge in [0.1, 0.15) is 5.78 Å². The molecule has 1 N–H and O–H groups in total. The number of nitrogens with one attached hydrogen (secondary N) is 1. The monoisotopic (exact) mass is 177 g/mol. The topological polar surface area (TPSA) is 29.1 Å². The maximum Gasteiger partial charge on any atom is 0.148 e. The van der Waals surface area contributed by atoms with Crippen LogP contribution in [0.3, 0.4) is 0 Å². The third-order valence-electron chi connectivity index (χ3n) is 2.05. The van der Waals surface area contributed by atoms with Crippen molar-refractivity contribution in [1.29, 1.82) is 0 Å². The minimum atomic E-state index is 0.151. The molecule has 0 saturated heterocycles. The Labute approximate surface area is 79.0 Å². The van der Waals surface area contributed by atoms with Gasteiger partial charge in [0.2, 0.25) is 0 Å². The summed E-state index contributed by atoms with van der Waals surface area (Å²) in [5, 5.41) is 3.06. The van der Waals surface area contributed by atoms with Gasteiger partial charge in [-0.3, -0.25) is 4.79 Å². The summed E-state index contributed by atoms with van der Waals surface area (Å²) in [6, 6.07) is 6.10. The van der Waals surface area contributed by atoms with Gasteiger partial charge in [0.25, 0.3) is 0 Å². The second-order valence-corrected chi connectivity index (χ2v) is 3.35. The molecule has 13 heavy (non-hydrogen) atoms. The first-order valence-corrected chi connectivity index (χ1v) is 4.40. The Balaban J connectivity index is 2.68. The smallest absolute Gasteiger partial charge is 0.148 e. The fraction of sp³-hybridized carbons (Fsp3) is 0.364. The number of anilines is 1. The molecule has 0 heterocycles. The minimum Gasteiger partial charge on any atom is -0.378 e. The quantitative estimate of drug-likeness (QED) is 0.767. The van der Waals surface area contributed by atoms with E-state index in [1.165, 1.54) is 11.1 Å². The van der Waals surface area contributed by atoms with Crippen LogP contribution in [-0.4, -0.2) is 12.3 Å². The number of Topliss-reactive ketones (excluding diaryl/α,β-unsaturated/α-hetero) is 1. The van der Waals surface area contributed by atoms with Crippen molar-refractivity contribution in [3.63, 3.8) is 0 Å². The zero-order chi connectivity index (χ0) is 9.84. The van der Waals surface area contributed by atoms with Crippen molar-refractivity contribution < 1.29 is 4.79 Å². The predicted octanol–water partition coefficient (Wildman–Crippen LogP) is 2.30. The number of ketones is 1. The molecule has 0 aromatic heterocycles. The predicted molar refractivity (Wildman–Crippen MR) is 55.1 cm³/mol. The highest BCUT2D eigenvalue weighted by Gasteiger charge is 1.96. The maximum atomic E-state index is 10.7. The molecule has 0 saturated carbocycles. The van der Waals surface area contributed by atoms with Gasteiger partial charge in [0.05, 0.1) is 6.54 Å². The second-order valence-electron chi connectivity index (χ2n) is 3.35. The Morgan fingerprint density at radius 2 is 2.00 bits per heavy atom. The third-order valence-corrected chi connectivity index (χ3v) is 2.05. The standard InChI is InChI=1S/C11H15NO/c1-8-4-5-11(6-9(8)2)12-7-10(3)13/h4-6,12H,7H2,1-3H3. The van der Waals surface area contributed by atoms with Gasteiger partial charge in [0.15, 0.2) is 0 Å². The molecule has 0 bridgehead atoms. The lowest BCUT2D eigenvalue weighted by Crippen LogP contribution is -2.09. The van der Waals surface area contributed by atoms with Crippen molar-refractivity contribution in [2.24, 2.45) is 0 Å². The first-order chi connectivity index (χ1) is 6.09. The van der Waals surface area contributed by atoms with Crippen LogP contribution in [0.15, 0.2) is 18.2 Å². The number of hydrogen-bond donors (Lipinski definition) is 1. The summed E-state index contributed by atoms with van der Waals surface area (Å²) in [5.74, 6) is 0.151. The minimum absolute atomic E-state index is 0.151. The summed E-state index contributed by atoms with van der Waals surface area (Å²) in [6.45, 7) is 6.12. The number of carbonyl (C=O) groups excluding carboxylic acids is 1. The van der Waals surface area contributed by atoms with Crippen molar-refractivity contribution in [3.8, 4) is 0 Å². The molecule has 0 atom stereocenters. The van der Waals surface area contributed by atoms with Gasteiger partial charge in [-0.05, 0) is 44.0 Å². The Bertz CT molecular complexity index is 318. The number of rotatable bonds is 3. The Kier molecular flexibility index (Phi) is 3.07. The van der Waals surface area contributed by atoms with E-state index in [2.05, 4.69) is 31.3 Å². The highest BCUT2D eigenvalue weighted by Crippen LogP contribution is 2.13. The van der Waals surface area contributed by atoms with Crippen LogP contribution in [0.1, 0.15) is 18.1 Å². The molecule has 1 aromatic carbocycles. The summed E-state index contributed by atoms with van der Waals surface area (Å²) in [6.07, 6.45) is 0. The SMILES string of the molecule is CC(=O)CNc1ccc(C)c(C)c1. The lowest BCUT2D eigenvalue weighted by molar-refractivity contribution is -0.115. The number of carbonyl (C=O) groups is 1. The molecule has 0 radical (unpaired) electrons. The highest BCUT2D eigenvalue weighted by atomic mass is 16.1. The van der Waals surface area contributed by atoms with Crippen LogP contribution in [0.25, 0.3) is 0 Å². The molecule has 0 amide bonds. The zero-order valence-corrected chi connectivity index (χ0v) is 8.35. The summed E-state index contributed by atoms with van der Waals surface area (Å²) in [4.78, 5) is 10.7. The fourth-order valence-corrected chi connectivity index (χ4v) is 1.08. The van der Waals surface area contributed by atoms with Crippen LogP contribution in [0.4, 0.5) is 5.69 Å². The zero-order valence-electron chi connectivity index (χ0n) is 8.35. The molecule has 2 nitrogen and oxygen atoms in total. The highest BCUT2D eigenvalue weighted by molar-refractivity contribution is 5.80. The lowest BCUT2D eigenvalue weighted by atomic mass is 10.1. The van der Waals surface area contributed by atoms with Crippen LogP contribution in [0, 0.1) is 13.8 Å². The summed E-state index contributed by atoms with van der Waals surface area (Å²) in [7, 11) is 0. The molecule has 0 aliphatic carbocycles. The fourth-order valence-electron chi connectivity index (χ4n) is 1.08. The van der Waals surface area contributed by atoms with Gasteiger partial charge >= 0.3 is 0 Å². The molecular weight excluding hydrogens is 162 g/mol. The summed E-state index contributed by atoms with van der Waals surface area (Å²) < 4.78 is 0. The van der Waals surface area contributed by atoms with Crippen molar-refractivity contribution in [1.82, 2.24) is 0 Å². The van der Waals surface area contributed by atoms with Gasteiger partial charge in [-0.15, -0.1) is 0 Å². The Morgan fingerprint density at radius 1 is 1.31 bits per heavy atom. The van der Waals surface area contributed by atoms with Crippen LogP contribution in [0.2, 0.25) is 0 Å². The largest absolute Gasteiger partial charge is 0.378 e. The molecule has 70 valence electrons. The van der Waals surface area contributed by atoms with Gasteiger partial charge in [-0.2, -0.15) is 0 Å². The summed E-state index contributed by atoms with van der Waals surface area (Å²) in [5.41, 5.74) is 3.53. The molecule has 0 aliphatic rings. The van der Waals surface area contributed by atoms with Crippen molar-refractivity contribution in [2.75, 3.05) is 11.9 Å². The van der Waals surface area contributed by atoms with Crippen LogP contribution in [0.5, 0.6) is 0 Å².